The van der Waals surface area contributed by atoms with Crippen LogP contribution in [-0.2, 0) is 21.7 Å². The van der Waals surface area contributed by atoms with Gasteiger partial charge in [-0.15, -0.1) is 0 Å². The summed E-state index contributed by atoms with van der Waals surface area (Å²) in [5, 5.41) is 22.9. The van der Waals surface area contributed by atoms with E-state index in [1.165, 1.54) is 6.21 Å². The van der Waals surface area contributed by atoms with Crippen LogP contribution in [-0.4, -0.2) is 28.6 Å². The van der Waals surface area contributed by atoms with E-state index in [-0.39, 0.29) is 19.6 Å². The molecule has 1 atom stereocenters. The number of carbonyl (C=O) groups excluding carboxylic acids is 1. The molecular formula is C19H21NO4. The molecule has 0 aliphatic carbocycles. The first-order valence-electron chi connectivity index (χ1n) is 7.82. The maximum atomic E-state index is 12.2. The lowest BCUT2D eigenvalue weighted by Crippen LogP contribution is -2.38. The van der Waals surface area contributed by atoms with Crippen LogP contribution >= 0.6 is 0 Å². The molecule has 0 fully saturated rings. The molecule has 0 amide bonds. The van der Waals surface area contributed by atoms with Crippen molar-refractivity contribution in [2.75, 3.05) is 6.61 Å². The predicted octanol–water partition coefficient (Wildman–Crippen LogP) is 2.61. The Hall–Kier alpha value is -2.66. The lowest BCUT2D eigenvalue weighted by atomic mass is 9.91. The molecular weight excluding hydrogens is 306 g/mol. The summed E-state index contributed by atoms with van der Waals surface area (Å²) >= 11 is 0. The van der Waals surface area contributed by atoms with Gasteiger partial charge in [-0.25, -0.2) is 9.53 Å². The SMILES string of the molecule is CCOC(=O)C(O)(C/C=[N+](\[O-])Cc1ccccc1)c1ccccc1. The Bertz CT molecular complexity index is 685. The van der Waals surface area contributed by atoms with Gasteiger partial charge in [0.25, 0.3) is 0 Å². The van der Waals surface area contributed by atoms with Crippen molar-refractivity contribution in [1.82, 2.24) is 0 Å². The number of benzene rings is 2. The third-order valence-electron chi connectivity index (χ3n) is 3.64. The zero-order chi connectivity index (χ0) is 17.4. The molecule has 5 heteroatoms. The van der Waals surface area contributed by atoms with Crippen molar-refractivity contribution in [3.8, 4) is 0 Å². The quantitative estimate of drug-likeness (QED) is 0.279. The Morgan fingerprint density at radius 3 is 2.33 bits per heavy atom. The molecule has 0 aliphatic heterocycles. The molecule has 0 aliphatic rings. The Kier molecular flexibility index (Phi) is 6.09. The highest BCUT2D eigenvalue weighted by Gasteiger charge is 2.39. The maximum absolute atomic E-state index is 12.2. The minimum absolute atomic E-state index is 0.147. The summed E-state index contributed by atoms with van der Waals surface area (Å²) in [4.78, 5) is 12.2. The molecule has 1 unspecified atom stereocenters. The van der Waals surface area contributed by atoms with Crippen LogP contribution in [0.5, 0.6) is 0 Å². The number of nitrogens with zero attached hydrogens (tertiary/aromatic N) is 1. The summed E-state index contributed by atoms with van der Waals surface area (Å²) in [5.41, 5.74) is -0.632. The van der Waals surface area contributed by atoms with Crippen molar-refractivity contribution in [3.63, 3.8) is 0 Å². The largest absolute Gasteiger partial charge is 0.624 e. The molecule has 0 saturated carbocycles. The van der Waals surface area contributed by atoms with E-state index in [9.17, 15) is 15.1 Å². The Morgan fingerprint density at radius 1 is 1.17 bits per heavy atom. The van der Waals surface area contributed by atoms with E-state index >= 15 is 0 Å². The standard InChI is InChI=1S/C19H21NO4/c1-2-24-18(21)19(22,17-11-7-4-8-12-17)13-14-20(23)15-16-9-5-3-6-10-16/h3-12,14,22H,2,13,15H2,1H3/b20-14-. The number of rotatable bonds is 7. The minimum atomic E-state index is -1.88. The highest BCUT2D eigenvalue weighted by Crippen LogP contribution is 2.26. The van der Waals surface area contributed by atoms with E-state index in [0.717, 1.165) is 5.56 Å². The van der Waals surface area contributed by atoms with E-state index in [1.54, 1.807) is 37.3 Å². The fraction of sp³-hybridized carbons (Fsp3) is 0.263. The Morgan fingerprint density at radius 2 is 1.75 bits per heavy atom. The zero-order valence-electron chi connectivity index (χ0n) is 13.6. The lowest BCUT2D eigenvalue weighted by Gasteiger charge is -2.24. The summed E-state index contributed by atoms with van der Waals surface area (Å²) in [7, 11) is 0. The average Bonchev–Trinajstić information content (AvgIpc) is 2.61. The minimum Gasteiger partial charge on any atom is -0.624 e. The number of hydrogen-bond donors (Lipinski definition) is 1. The Labute approximate surface area is 141 Å². The molecule has 2 aromatic carbocycles. The molecule has 126 valence electrons. The van der Waals surface area contributed by atoms with Crippen LogP contribution < -0.4 is 0 Å². The fourth-order valence-corrected chi connectivity index (χ4v) is 2.35. The van der Waals surface area contributed by atoms with Crippen molar-refractivity contribution in [3.05, 3.63) is 77.0 Å². The summed E-state index contributed by atoms with van der Waals surface area (Å²) < 4.78 is 5.69. The number of carbonyl (C=O) groups is 1. The molecule has 5 nitrogen and oxygen atoms in total. The zero-order valence-corrected chi connectivity index (χ0v) is 13.6. The van der Waals surface area contributed by atoms with Crippen LogP contribution in [0.3, 0.4) is 0 Å². The third-order valence-corrected chi connectivity index (χ3v) is 3.64. The van der Waals surface area contributed by atoms with Crippen molar-refractivity contribution in [2.45, 2.75) is 25.5 Å². The Balaban J connectivity index is 2.19. The van der Waals surface area contributed by atoms with Crippen LogP contribution in [0.2, 0.25) is 0 Å². The number of esters is 1. The van der Waals surface area contributed by atoms with Gasteiger partial charge in [-0.05, 0) is 12.5 Å². The lowest BCUT2D eigenvalue weighted by molar-refractivity contribution is -0.471. The van der Waals surface area contributed by atoms with Crippen molar-refractivity contribution in [2.24, 2.45) is 0 Å². The van der Waals surface area contributed by atoms with Crippen LogP contribution in [0.25, 0.3) is 0 Å². The molecule has 24 heavy (non-hydrogen) atoms. The van der Waals surface area contributed by atoms with Gasteiger partial charge in [0.05, 0.1) is 13.0 Å². The van der Waals surface area contributed by atoms with E-state index in [2.05, 4.69) is 0 Å². The molecule has 0 saturated heterocycles. The van der Waals surface area contributed by atoms with Gasteiger partial charge in [-0.1, -0.05) is 60.7 Å². The molecule has 2 rings (SSSR count). The highest BCUT2D eigenvalue weighted by atomic mass is 16.5. The van der Waals surface area contributed by atoms with Gasteiger partial charge in [0.15, 0.2) is 18.4 Å². The number of hydroxylamine groups is 1. The van der Waals surface area contributed by atoms with Gasteiger partial charge >= 0.3 is 5.97 Å². The first-order chi connectivity index (χ1) is 11.6. The number of ether oxygens (including phenoxy) is 1. The smallest absolute Gasteiger partial charge is 0.343 e. The average molecular weight is 327 g/mol. The van der Waals surface area contributed by atoms with Crippen molar-refractivity contribution >= 4 is 12.2 Å². The third kappa shape index (κ3) is 4.43. The fourth-order valence-electron chi connectivity index (χ4n) is 2.35. The van der Waals surface area contributed by atoms with Gasteiger partial charge in [-0.3, -0.25) is 0 Å². The van der Waals surface area contributed by atoms with Crippen LogP contribution in [0.4, 0.5) is 0 Å². The second-order valence-electron chi connectivity index (χ2n) is 5.39. The molecule has 0 heterocycles. The van der Waals surface area contributed by atoms with Crippen LogP contribution in [0.15, 0.2) is 60.7 Å². The number of hydrogen-bond acceptors (Lipinski definition) is 4. The van der Waals surface area contributed by atoms with E-state index in [4.69, 9.17) is 4.74 Å². The van der Waals surface area contributed by atoms with Gasteiger partial charge in [0.2, 0.25) is 0 Å². The normalized spacial score (nSPS) is 14.0. The second kappa shape index (κ2) is 8.26. The summed E-state index contributed by atoms with van der Waals surface area (Å²) in [6, 6.07) is 17.8. The van der Waals surface area contributed by atoms with Crippen LogP contribution in [0.1, 0.15) is 24.5 Å². The molecule has 1 N–H and O–H groups in total. The van der Waals surface area contributed by atoms with E-state index in [1.807, 2.05) is 30.3 Å². The molecule has 0 bridgehead atoms. The van der Waals surface area contributed by atoms with Gasteiger partial charge in [0.1, 0.15) is 0 Å². The topological polar surface area (TPSA) is 72.6 Å². The monoisotopic (exact) mass is 327 g/mol. The molecule has 0 radical (unpaired) electrons. The highest BCUT2D eigenvalue weighted by molar-refractivity contribution is 5.84. The van der Waals surface area contributed by atoms with Gasteiger partial charge in [0, 0.05) is 5.56 Å². The van der Waals surface area contributed by atoms with Gasteiger partial charge in [-0.2, -0.15) is 0 Å². The summed E-state index contributed by atoms with van der Waals surface area (Å²) in [5.74, 6) is -0.763. The maximum Gasteiger partial charge on any atom is 0.343 e. The number of aliphatic hydroxyl groups is 1. The molecule has 0 aromatic heterocycles. The van der Waals surface area contributed by atoms with Gasteiger partial charge < -0.3 is 15.1 Å². The summed E-state index contributed by atoms with van der Waals surface area (Å²) in [6.45, 7) is 1.97. The first kappa shape index (κ1) is 17.7. The molecule has 0 spiro atoms. The summed E-state index contributed by atoms with van der Waals surface area (Å²) in [6.07, 6.45) is 1.11. The van der Waals surface area contributed by atoms with E-state index < -0.39 is 11.6 Å². The van der Waals surface area contributed by atoms with Crippen LogP contribution in [0, 0.1) is 5.21 Å². The second-order valence-corrected chi connectivity index (χ2v) is 5.39. The predicted molar refractivity (Wildman–Crippen MR) is 91.4 cm³/mol. The molecule has 2 aromatic rings. The van der Waals surface area contributed by atoms with Crippen molar-refractivity contribution in [1.29, 1.82) is 0 Å². The van der Waals surface area contributed by atoms with Crippen molar-refractivity contribution < 1.29 is 19.4 Å². The first-order valence-corrected chi connectivity index (χ1v) is 7.82. The van der Waals surface area contributed by atoms with E-state index in [0.29, 0.717) is 10.3 Å².